The van der Waals surface area contributed by atoms with E-state index in [2.05, 4.69) is 0 Å². The Balaban J connectivity index is 1.30. The van der Waals surface area contributed by atoms with E-state index in [0.717, 1.165) is 39.0 Å². The smallest absolute Gasteiger partial charge is 0.193 e. The molecule has 0 amide bonds. The molecule has 0 aliphatic rings. The van der Waals surface area contributed by atoms with Crippen molar-refractivity contribution in [1.29, 1.82) is 0 Å². The molecule has 6 aromatic rings. The number of rotatable bonds is 7. The van der Waals surface area contributed by atoms with Gasteiger partial charge in [0.2, 0.25) is 0 Å². The molecule has 186 valence electrons. The van der Waals surface area contributed by atoms with Crippen molar-refractivity contribution in [2.75, 3.05) is 0 Å². The number of aromatic nitrogens is 1. The first kappa shape index (κ1) is 23.5. The maximum atomic E-state index is 12.7. The van der Waals surface area contributed by atoms with Crippen LogP contribution >= 0.6 is 0 Å². The number of para-hydroxylation sites is 1. The third-order valence-corrected chi connectivity index (χ3v) is 6.54. The van der Waals surface area contributed by atoms with Crippen LogP contribution in [0.25, 0.3) is 33.2 Å². The van der Waals surface area contributed by atoms with E-state index in [4.69, 9.17) is 18.9 Å². The van der Waals surface area contributed by atoms with Crippen LogP contribution in [0.2, 0.25) is 0 Å². The van der Waals surface area contributed by atoms with Crippen molar-refractivity contribution in [1.82, 2.24) is 4.98 Å². The van der Waals surface area contributed by atoms with Gasteiger partial charge < -0.3 is 13.9 Å². The second kappa shape index (κ2) is 10.2. The Bertz CT molecular complexity index is 1790. The Morgan fingerprint density at radius 3 is 2.29 bits per heavy atom. The van der Waals surface area contributed by atoms with Crippen molar-refractivity contribution < 1.29 is 13.9 Å². The van der Waals surface area contributed by atoms with Crippen LogP contribution in [0.4, 0.5) is 0 Å². The highest BCUT2D eigenvalue weighted by molar-refractivity contribution is 5.86. The lowest BCUT2D eigenvalue weighted by atomic mass is 10.1. The number of ether oxygens (including phenoxy) is 2. The summed E-state index contributed by atoms with van der Waals surface area (Å²) in [7, 11) is 0. The van der Waals surface area contributed by atoms with E-state index in [9.17, 15) is 4.79 Å². The van der Waals surface area contributed by atoms with Crippen LogP contribution in [-0.4, -0.2) is 4.98 Å². The van der Waals surface area contributed by atoms with Gasteiger partial charge in [0.05, 0.1) is 16.6 Å². The number of benzene rings is 4. The van der Waals surface area contributed by atoms with Gasteiger partial charge in [0.1, 0.15) is 36.1 Å². The molecule has 0 fully saturated rings. The maximum Gasteiger partial charge on any atom is 0.193 e. The normalized spacial score (nSPS) is 11.1. The molecule has 6 rings (SSSR count). The number of pyridine rings is 1. The van der Waals surface area contributed by atoms with E-state index in [-0.39, 0.29) is 12.0 Å². The zero-order valence-corrected chi connectivity index (χ0v) is 20.9. The van der Waals surface area contributed by atoms with Gasteiger partial charge in [0.25, 0.3) is 0 Å². The van der Waals surface area contributed by atoms with Gasteiger partial charge in [-0.15, -0.1) is 0 Å². The van der Waals surface area contributed by atoms with Crippen molar-refractivity contribution in [2.24, 2.45) is 0 Å². The fourth-order valence-corrected chi connectivity index (χ4v) is 4.50. The lowest BCUT2D eigenvalue weighted by molar-refractivity contribution is 0.292. The summed E-state index contributed by atoms with van der Waals surface area (Å²) >= 11 is 0. The van der Waals surface area contributed by atoms with E-state index in [1.54, 1.807) is 18.2 Å². The van der Waals surface area contributed by atoms with E-state index in [1.807, 2.05) is 91.9 Å². The second-order valence-electron chi connectivity index (χ2n) is 9.09. The molecule has 5 nitrogen and oxygen atoms in total. The quantitative estimate of drug-likeness (QED) is 0.228. The molecule has 0 aliphatic heterocycles. The first-order chi connectivity index (χ1) is 18.7. The van der Waals surface area contributed by atoms with Crippen LogP contribution in [0.3, 0.4) is 0 Å². The lowest BCUT2D eigenvalue weighted by Crippen LogP contribution is -2.06. The Kier molecular flexibility index (Phi) is 6.32. The van der Waals surface area contributed by atoms with Gasteiger partial charge in [-0.3, -0.25) is 4.79 Å². The van der Waals surface area contributed by atoms with Crippen molar-refractivity contribution in [2.45, 2.75) is 20.1 Å². The Labute approximate surface area is 219 Å². The number of hydrogen-bond acceptors (Lipinski definition) is 5. The molecular weight excluding hydrogens is 474 g/mol. The topological polar surface area (TPSA) is 61.6 Å². The summed E-state index contributed by atoms with van der Waals surface area (Å²) in [6.45, 7) is 2.71. The van der Waals surface area contributed by atoms with Gasteiger partial charge in [-0.2, -0.15) is 0 Å². The average Bonchev–Trinajstić information content (AvgIpc) is 2.96. The van der Waals surface area contributed by atoms with Crippen LogP contribution in [0.5, 0.6) is 11.5 Å². The predicted octanol–water partition coefficient (Wildman–Crippen LogP) is 7.47. The van der Waals surface area contributed by atoms with Crippen LogP contribution in [0.15, 0.2) is 118 Å². The molecule has 0 aliphatic carbocycles. The van der Waals surface area contributed by atoms with E-state index < -0.39 is 0 Å². The minimum atomic E-state index is -0.0936. The molecule has 5 heteroatoms. The summed E-state index contributed by atoms with van der Waals surface area (Å²) in [5, 5.41) is 1.47. The molecular formula is C33H25NO4. The van der Waals surface area contributed by atoms with Gasteiger partial charge in [0.15, 0.2) is 5.43 Å². The summed E-state index contributed by atoms with van der Waals surface area (Å²) in [6.07, 6.45) is 0. The van der Waals surface area contributed by atoms with Crippen molar-refractivity contribution >= 4 is 21.9 Å². The molecule has 0 N–H and O–H groups in total. The second-order valence-corrected chi connectivity index (χ2v) is 9.09. The maximum absolute atomic E-state index is 12.7. The minimum absolute atomic E-state index is 0.0936. The highest BCUT2D eigenvalue weighted by Crippen LogP contribution is 2.32. The summed E-state index contributed by atoms with van der Waals surface area (Å²) < 4.78 is 18.5. The average molecular weight is 500 g/mol. The van der Waals surface area contributed by atoms with Gasteiger partial charge in [-0.1, -0.05) is 72.8 Å². The minimum Gasteiger partial charge on any atom is -0.488 e. The Hall–Kier alpha value is -4.90. The van der Waals surface area contributed by atoms with Crippen molar-refractivity contribution in [3.8, 4) is 22.8 Å². The molecule has 2 heterocycles. The Morgan fingerprint density at radius 1 is 0.737 bits per heavy atom. The third-order valence-electron chi connectivity index (χ3n) is 6.54. The molecule has 4 aromatic carbocycles. The molecule has 0 spiro atoms. The van der Waals surface area contributed by atoms with Gasteiger partial charge in [0, 0.05) is 28.6 Å². The molecule has 0 radical (unpaired) electrons. The zero-order valence-electron chi connectivity index (χ0n) is 20.9. The number of nitrogens with zero attached hydrogens (tertiary/aromatic N) is 1. The van der Waals surface area contributed by atoms with Crippen LogP contribution in [0, 0.1) is 6.92 Å². The lowest BCUT2D eigenvalue weighted by Gasteiger charge is -2.16. The highest BCUT2D eigenvalue weighted by atomic mass is 16.5. The molecule has 2 aromatic heterocycles. The molecule has 38 heavy (non-hydrogen) atoms. The summed E-state index contributed by atoms with van der Waals surface area (Å²) in [5.74, 6) is 1.91. The third kappa shape index (κ3) is 4.74. The van der Waals surface area contributed by atoms with Gasteiger partial charge in [-0.25, -0.2) is 4.98 Å². The van der Waals surface area contributed by atoms with Gasteiger partial charge in [-0.05, 0) is 36.8 Å². The standard InChI is InChI=1S/C33H25NO4/c1-22-29(34-28-15-9-8-14-26(28)33(22)37-20-23-10-4-2-5-11-23)21-36-25-16-17-27-30(35)19-31(38-32(27)18-25)24-12-6-3-7-13-24/h2-19H,20-21H2,1H3. The molecule has 0 unspecified atom stereocenters. The van der Waals surface area contributed by atoms with Crippen LogP contribution in [0.1, 0.15) is 16.8 Å². The van der Waals surface area contributed by atoms with Crippen LogP contribution in [-0.2, 0) is 13.2 Å². The Morgan fingerprint density at radius 2 is 1.47 bits per heavy atom. The van der Waals surface area contributed by atoms with Crippen molar-refractivity contribution in [3.63, 3.8) is 0 Å². The van der Waals surface area contributed by atoms with E-state index in [0.29, 0.717) is 29.1 Å². The first-order valence-electron chi connectivity index (χ1n) is 12.5. The largest absolute Gasteiger partial charge is 0.488 e. The number of hydrogen-bond donors (Lipinski definition) is 0. The summed E-state index contributed by atoms with van der Waals surface area (Å²) in [5.41, 5.74) is 4.88. The van der Waals surface area contributed by atoms with E-state index in [1.165, 1.54) is 6.07 Å². The zero-order chi connectivity index (χ0) is 25.9. The van der Waals surface area contributed by atoms with Gasteiger partial charge >= 0.3 is 0 Å². The monoisotopic (exact) mass is 499 g/mol. The fraction of sp³-hybridized carbons (Fsp3) is 0.0909. The highest BCUT2D eigenvalue weighted by Gasteiger charge is 2.15. The molecule has 0 saturated carbocycles. The van der Waals surface area contributed by atoms with Crippen molar-refractivity contribution in [3.05, 3.63) is 136 Å². The SMILES string of the molecule is Cc1c(COc2ccc3c(=O)cc(-c4ccccc4)oc3c2)nc2ccccc2c1OCc1ccccc1. The number of fused-ring (bicyclic) bond motifs is 2. The van der Waals surface area contributed by atoms with E-state index >= 15 is 0 Å². The molecule has 0 saturated heterocycles. The molecule has 0 bridgehead atoms. The predicted molar refractivity (Wildman–Crippen MR) is 150 cm³/mol. The fourth-order valence-electron chi connectivity index (χ4n) is 4.50. The summed E-state index contributed by atoms with van der Waals surface area (Å²) in [4.78, 5) is 17.6. The van der Waals surface area contributed by atoms with Crippen LogP contribution < -0.4 is 14.9 Å². The molecule has 0 atom stereocenters. The first-order valence-corrected chi connectivity index (χ1v) is 12.5. The summed E-state index contributed by atoms with van der Waals surface area (Å²) in [6, 6.07) is 34.4.